The lowest BCUT2D eigenvalue weighted by molar-refractivity contribution is -0.136. The summed E-state index contributed by atoms with van der Waals surface area (Å²) in [5, 5.41) is 8.06. The first-order valence-electron chi connectivity index (χ1n) is 5.16. The van der Waals surface area contributed by atoms with Gasteiger partial charge in [-0.1, -0.05) is 36.2 Å². The zero-order valence-electron chi connectivity index (χ0n) is 9.56. The topological polar surface area (TPSA) is 71.4 Å². The molecule has 1 aromatic rings. The van der Waals surface area contributed by atoms with E-state index in [-0.39, 0.29) is 11.4 Å². The minimum Gasteiger partial charge on any atom is -0.480 e. The Balaban J connectivity index is 3.05. The lowest BCUT2D eigenvalue weighted by atomic mass is 10.2. The van der Waals surface area contributed by atoms with E-state index in [1.807, 2.05) is 0 Å². The van der Waals surface area contributed by atoms with E-state index in [0.717, 1.165) is 0 Å². The molecule has 0 saturated carbocycles. The summed E-state index contributed by atoms with van der Waals surface area (Å²) in [4.78, 5) is 10.9. The van der Waals surface area contributed by atoms with Crippen molar-refractivity contribution in [1.29, 1.82) is 0 Å². The minimum atomic E-state index is -3.79. The van der Waals surface area contributed by atoms with Gasteiger partial charge in [0.2, 0.25) is 0 Å². The standard InChI is InChI=1S/C11H12Cl2O4S/c1-2-10(11(14)15)18(16,17)6-7-3-4-8(12)5-9(7)13/h3-5,10H,2,6H2,1H3,(H,14,15). The maximum absolute atomic E-state index is 11.9. The summed E-state index contributed by atoms with van der Waals surface area (Å²) in [6.07, 6.45) is 0.0167. The second kappa shape index (κ2) is 5.91. The van der Waals surface area contributed by atoms with Gasteiger partial charge in [0.05, 0.1) is 5.75 Å². The molecule has 100 valence electrons. The molecule has 0 aliphatic carbocycles. The molecule has 1 atom stereocenters. The predicted octanol–water partition coefficient (Wildman–Crippen LogP) is 2.77. The molecular formula is C11H12Cl2O4S. The number of carbonyl (C=O) groups is 1. The van der Waals surface area contributed by atoms with Crippen LogP contribution in [-0.2, 0) is 20.4 Å². The number of carboxylic acids is 1. The molecule has 4 nitrogen and oxygen atoms in total. The lowest BCUT2D eigenvalue weighted by Gasteiger charge is -2.12. The Hall–Kier alpha value is -0.780. The third-order valence-corrected chi connectivity index (χ3v) is 5.15. The van der Waals surface area contributed by atoms with Crippen LogP contribution in [0.25, 0.3) is 0 Å². The number of hydrogen-bond donors (Lipinski definition) is 1. The maximum Gasteiger partial charge on any atom is 0.321 e. The molecule has 0 fully saturated rings. The molecule has 0 aromatic heterocycles. The molecule has 1 N–H and O–H groups in total. The molecule has 0 spiro atoms. The van der Waals surface area contributed by atoms with Crippen LogP contribution < -0.4 is 0 Å². The summed E-state index contributed by atoms with van der Waals surface area (Å²) in [6.45, 7) is 1.51. The molecule has 1 unspecified atom stereocenters. The molecule has 18 heavy (non-hydrogen) atoms. The third-order valence-electron chi connectivity index (χ3n) is 2.45. The first-order valence-corrected chi connectivity index (χ1v) is 7.63. The number of aliphatic carboxylic acids is 1. The number of carboxylic acid groups (broad SMARTS) is 1. The summed E-state index contributed by atoms with van der Waals surface area (Å²) >= 11 is 11.6. The average Bonchev–Trinajstić information content (AvgIpc) is 2.22. The van der Waals surface area contributed by atoms with Gasteiger partial charge in [-0.2, -0.15) is 0 Å². The zero-order valence-corrected chi connectivity index (χ0v) is 11.9. The normalized spacial score (nSPS) is 13.3. The quantitative estimate of drug-likeness (QED) is 0.907. The van der Waals surface area contributed by atoms with Gasteiger partial charge < -0.3 is 5.11 Å². The summed E-state index contributed by atoms with van der Waals surface area (Å²) in [5.74, 6) is -1.75. The van der Waals surface area contributed by atoms with Crippen molar-refractivity contribution >= 4 is 39.0 Å². The fraction of sp³-hybridized carbons (Fsp3) is 0.364. The fourth-order valence-corrected chi connectivity index (χ4v) is 3.79. The van der Waals surface area contributed by atoms with E-state index < -0.39 is 26.8 Å². The molecule has 0 radical (unpaired) electrons. The van der Waals surface area contributed by atoms with Crippen LogP contribution >= 0.6 is 23.2 Å². The maximum atomic E-state index is 11.9. The minimum absolute atomic E-state index is 0.0167. The molecule has 0 saturated heterocycles. The smallest absolute Gasteiger partial charge is 0.321 e. The second-order valence-corrected chi connectivity index (χ2v) is 6.81. The first-order chi connectivity index (χ1) is 8.27. The van der Waals surface area contributed by atoms with Gasteiger partial charge in [-0.3, -0.25) is 4.79 Å². The molecule has 0 aliphatic heterocycles. The predicted molar refractivity (Wildman–Crippen MR) is 70.8 cm³/mol. The summed E-state index contributed by atoms with van der Waals surface area (Å²) in [6, 6.07) is 4.42. The highest BCUT2D eigenvalue weighted by atomic mass is 35.5. The van der Waals surface area contributed by atoms with Crippen molar-refractivity contribution in [2.45, 2.75) is 24.3 Å². The van der Waals surface area contributed by atoms with Gasteiger partial charge in [0.15, 0.2) is 15.1 Å². The van der Waals surface area contributed by atoms with Crippen LogP contribution in [0.5, 0.6) is 0 Å². The summed E-state index contributed by atoms with van der Waals surface area (Å²) in [5.41, 5.74) is 0.348. The van der Waals surface area contributed by atoms with Crippen LogP contribution in [0, 0.1) is 0 Å². The van der Waals surface area contributed by atoms with Crippen molar-refractivity contribution in [3.8, 4) is 0 Å². The van der Waals surface area contributed by atoms with E-state index >= 15 is 0 Å². The van der Waals surface area contributed by atoms with Gasteiger partial charge in [-0.05, 0) is 24.1 Å². The van der Waals surface area contributed by atoms with Gasteiger partial charge >= 0.3 is 5.97 Å². The van der Waals surface area contributed by atoms with Gasteiger partial charge in [0.1, 0.15) is 0 Å². The van der Waals surface area contributed by atoms with Gasteiger partial charge in [0.25, 0.3) is 0 Å². The molecule has 1 rings (SSSR count). The molecule has 0 amide bonds. The van der Waals surface area contributed by atoms with E-state index in [4.69, 9.17) is 28.3 Å². The molecule has 0 aliphatic rings. The fourth-order valence-electron chi connectivity index (χ4n) is 1.54. The molecule has 0 bridgehead atoms. The lowest BCUT2D eigenvalue weighted by Crippen LogP contribution is -2.30. The number of rotatable bonds is 5. The van der Waals surface area contributed by atoms with Crippen molar-refractivity contribution in [3.05, 3.63) is 33.8 Å². The van der Waals surface area contributed by atoms with Crippen molar-refractivity contribution < 1.29 is 18.3 Å². The molecule has 0 heterocycles. The Morgan fingerprint density at radius 1 is 1.39 bits per heavy atom. The highest BCUT2D eigenvalue weighted by molar-refractivity contribution is 7.92. The Labute approximate surface area is 115 Å². The molecule has 1 aromatic carbocycles. The van der Waals surface area contributed by atoms with E-state index in [0.29, 0.717) is 10.6 Å². The van der Waals surface area contributed by atoms with Crippen LogP contribution in [0.4, 0.5) is 0 Å². The third kappa shape index (κ3) is 3.60. The van der Waals surface area contributed by atoms with E-state index in [2.05, 4.69) is 0 Å². The van der Waals surface area contributed by atoms with Gasteiger partial charge in [-0.15, -0.1) is 0 Å². The van der Waals surface area contributed by atoms with Crippen molar-refractivity contribution in [2.75, 3.05) is 0 Å². The van der Waals surface area contributed by atoms with Gasteiger partial charge in [-0.25, -0.2) is 8.42 Å². The number of benzene rings is 1. The van der Waals surface area contributed by atoms with Crippen molar-refractivity contribution in [2.24, 2.45) is 0 Å². The SMILES string of the molecule is CCC(C(=O)O)S(=O)(=O)Cc1ccc(Cl)cc1Cl. The van der Waals surface area contributed by atoms with Crippen LogP contribution in [0.3, 0.4) is 0 Å². The first kappa shape index (κ1) is 15.3. The number of hydrogen-bond acceptors (Lipinski definition) is 3. The van der Waals surface area contributed by atoms with Crippen LogP contribution in [0.15, 0.2) is 18.2 Å². The van der Waals surface area contributed by atoms with E-state index in [9.17, 15) is 13.2 Å². The Kier molecular flexibility index (Phi) is 5.01. The zero-order chi connectivity index (χ0) is 13.9. The Morgan fingerprint density at radius 3 is 2.44 bits per heavy atom. The van der Waals surface area contributed by atoms with E-state index in [1.54, 1.807) is 0 Å². The number of sulfone groups is 1. The van der Waals surface area contributed by atoms with Gasteiger partial charge in [0, 0.05) is 10.0 Å². The largest absolute Gasteiger partial charge is 0.480 e. The number of halogens is 2. The second-order valence-electron chi connectivity index (χ2n) is 3.78. The monoisotopic (exact) mass is 310 g/mol. The van der Waals surface area contributed by atoms with Crippen molar-refractivity contribution in [1.82, 2.24) is 0 Å². The van der Waals surface area contributed by atoms with Crippen LogP contribution in [0.1, 0.15) is 18.9 Å². The van der Waals surface area contributed by atoms with Crippen LogP contribution in [-0.4, -0.2) is 24.7 Å². The summed E-state index contributed by atoms with van der Waals surface area (Å²) < 4.78 is 23.9. The molecular weight excluding hydrogens is 299 g/mol. The van der Waals surface area contributed by atoms with Crippen LogP contribution in [0.2, 0.25) is 10.0 Å². The Bertz CT molecular complexity index is 554. The molecule has 7 heteroatoms. The highest BCUT2D eigenvalue weighted by Crippen LogP contribution is 2.24. The Morgan fingerprint density at radius 2 is 2.00 bits per heavy atom. The summed E-state index contributed by atoms with van der Waals surface area (Å²) in [7, 11) is -3.79. The average molecular weight is 311 g/mol. The van der Waals surface area contributed by atoms with E-state index in [1.165, 1.54) is 25.1 Å². The van der Waals surface area contributed by atoms with Crippen molar-refractivity contribution in [3.63, 3.8) is 0 Å². The highest BCUT2D eigenvalue weighted by Gasteiger charge is 2.31.